The van der Waals surface area contributed by atoms with Gasteiger partial charge in [-0.1, -0.05) is 48.0 Å². The number of nitrogens with zero attached hydrogens (tertiary/aromatic N) is 3. The van der Waals surface area contributed by atoms with E-state index in [1.54, 1.807) is 36.4 Å². The molecule has 9 nitrogen and oxygen atoms in total. The standard InChI is InChI=1S/C30H27ClN4O5/c1-2-39-25-15-20(14-22(31)27(25)40-17-19-9-4-3-8-18(19)16-32)26-24-12-7-13-34(24)30(28(26)35(37)38)21-10-5-6-11-23(21)33-29(30)36/h3-6,8-11,14-15,24,26,28H,2,7,12-13,17H2,1H3,(H,33,36)/t24-,26+,28-,30-/m0/s1. The van der Waals surface area contributed by atoms with Crippen LogP contribution in [0.5, 0.6) is 11.5 Å². The van der Waals surface area contributed by atoms with Gasteiger partial charge in [-0.3, -0.25) is 19.8 Å². The van der Waals surface area contributed by atoms with E-state index in [4.69, 9.17) is 21.1 Å². The predicted octanol–water partition coefficient (Wildman–Crippen LogP) is 5.24. The highest BCUT2D eigenvalue weighted by Crippen LogP contribution is 2.58. The number of halogens is 1. The van der Waals surface area contributed by atoms with Gasteiger partial charge in [0, 0.05) is 34.3 Å². The molecule has 1 N–H and O–H groups in total. The van der Waals surface area contributed by atoms with E-state index in [0.717, 1.165) is 12.8 Å². The van der Waals surface area contributed by atoms with Crippen molar-refractivity contribution in [2.24, 2.45) is 0 Å². The van der Waals surface area contributed by atoms with Gasteiger partial charge in [0.15, 0.2) is 17.0 Å². The molecule has 0 aliphatic carbocycles. The number of nitriles is 1. The number of para-hydroxylation sites is 1. The second-order valence-corrected chi connectivity index (χ2v) is 10.7. The highest BCUT2D eigenvalue weighted by Gasteiger charge is 2.73. The molecule has 204 valence electrons. The summed E-state index contributed by atoms with van der Waals surface area (Å²) < 4.78 is 12.0. The molecule has 3 aliphatic heterocycles. The van der Waals surface area contributed by atoms with E-state index in [9.17, 15) is 20.2 Å². The maximum Gasteiger partial charge on any atom is 0.256 e. The molecule has 3 heterocycles. The fourth-order valence-corrected chi connectivity index (χ4v) is 7.14. The lowest BCUT2D eigenvalue weighted by Gasteiger charge is -2.32. The van der Waals surface area contributed by atoms with Crippen LogP contribution in [0.1, 0.15) is 47.9 Å². The van der Waals surface area contributed by atoms with Gasteiger partial charge in [-0.05, 0) is 49.6 Å². The van der Waals surface area contributed by atoms with Gasteiger partial charge >= 0.3 is 0 Å². The van der Waals surface area contributed by atoms with E-state index >= 15 is 0 Å². The third-order valence-corrected chi connectivity index (χ3v) is 8.60. The summed E-state index contributed by atoms with van der Waals surface area (Å²) in [7, 11) is 0. The fraction of sp³-hybridized carbons (Fsp3) is 0.333. The first-order chi connectivity index (χ1) is 19.4. The van der Waals surface area contributed by atoms with Crippen molar-refractivity contribution in [3.05, 3.63) is 98.1 Å². The Morgan fingerprint density at radius 3 is 2.75 bits per heavy atom. The Morgan fingerprint density at radius 2 is 1.98 bits per heavy atom. The molecule has 3 aromatic carbocycles. The monoisotopic (exact) mass is 558 g/mol. The number of carbonyl (C=O) groups is 1. The second kappa shape index (κ2) is 10.1. The van der Waals surface area contributed by atoms with Gasteiger partial charge in [0.2, 0.25) is 0 Å². The maximum absolute atomic E-state index is 13.7. The fourth-order valence-electron chi connectivity index (χ4n) is 6.86. The second-order valence-electron chi connectivity index (χ2n) is 10.2. The molecule has 0 radical (unpaired) electrons. The highest BCUT2D eigenvalue weighted by atomic mass is 35.5. The van der Waals surface area contributed by atoms with Gasteiger partial charge in [-0.2, -0.15) is 5.26 Å². The third-order valence-electron chi connectivity index (χ3n) is 8.32. The SMILES string of the molecule is CCOc1cc([C@H]2[C@H]([N+](=O)[O-])[C@@]3(C(=O)Nc4ccccc43)N3CCC[C@@H]23)cc(Cl)c1OCc1ccccc1C#N. The number of fused-ring (bicyclic) bond motifs is 4. The summed E-state index contributed by atoms with van der Waals surface area (Å²) in [5.41, 5.74) is 1.66. The van der Waals surface area contributed by atoms with Gasteiger partial charge in [0.25, 0.3) is 11.9 Å². The lowest BCUT2D eigenvalue weighted by Crippen LogP contribution is -2.55. The molecule has 2 fully saturated rings. The molecule has 4 atom stereocenters. The molecular formula is C30H27ClN4O5. The van der Waals surface area contributed by atoms with Crippen LogP contribution in [0.2, 0.25) is 5.02 Å². The normalized spacial score (nSPS) is 24.8. The number of nitro groups is 1. The van der Waals surface area contributed by atoms with Gasteiger partial charge < -0.3 is 14.8 Å². The van der Waals surface area contributed by atoms with Gasteiger partial charge in [-0.25, -0.2) is 0 Å². The van der Waals surface area contributed by atoms with E-state index in [2.05, 4.69) is 11.4 Å². The summed E-state index contributed by atoms with van der Waals surface area (Å²) >= 11 is 6.79. The molecule has 1 spiro atoms. The summed E-state index contributed by atoms with van der Waals surface area (Å²) in [5.74, 6) is -0.308. The molecule has 3 aliphatic rings. The molecule has 0 unspecified atom stereocenters. The van der Waals surface area contributed by atoms with Crippen molar-refractivity contribution in [3.8, 4) is 17.6 Å². The van der Waals surface area contributed by atoms with Crippen molar-refractivity contribution in [2.75, 3.05) is 18.5 Å². The van der Waals surface area contributed by atoms with E-state index < -0.39 is 17.5 Å². The van der Waals surface area contributed by atoms with Crippen molar-refractivity contribution in [1.29, 1.82) is 5.26 Å². The molecule has 3 aromatic rings. The number of rotatable bonds is 7. The Hall–Kier alpha value is -4.13. The Labute approximate surface area is 236 Å². The zero-order chi connectivity index (χ0) is 28.0. The van der Waals surface area contributed by atoms with Crippen molar-refractivity contribution in [2.45, 2.75) is 49.9 Å². The molecule has 1 amide bonds. The summed E-state index contributed by atoms with van der Waals surface area (Å²) in [6.45, 7) is 2.83. The summed E-state index contributed by atoms with van der Waals surface area (Å²) in [6.07, 6.45) is 1.55. The van der Waals surface area contributed by atoms with E-state index in [1.807, 2.05) is 36.1 Å². The van der Waals surface area contributed by atoms with Crippen LogP contribution in [-0.4, -0.2) is 41.0 Å². The Kier molecular flexibility index (Phi) is 6.61. The number of amides is 1. The maximum atomic E-state index is 13.7. The third kappa shape index (κ3) is 3.82. The van der Waals surface area contributed by atoms with Crippen LogP contribution in [0.15, 0.2) is 60.7 Å². The van der Waals surface area contributed by atoms with Crippen LogP contribution in [-0.2, 0) is 16.9 Å². The van der Waals surface area contributed by atoms with Gasteiger partial charge in [-0.15, -0.1) is 0 Å². The van der Waals surface area contributed by atoms with E-state index in [-0.39, 0.29) is 28.5 Å². The Balaban J connectivity index is 1.44. The quantitative estimate of drug-likeness (QED) is 0.311. The molecule has 6 rings (SSSR count). The Bertz CT molecular complexity index is 1560. The molecule has 10 heteroatoms. The minimum absolute atomic E-state index is 0.0975. The van der Waals surface area contributed by atoms with Gasteiger partial charge in [0.05, 0.1) is 29.2 Å². The van der Waals surface area contributed by atoms with Crippen molar-refractivity contribution >= 4 is 23.2 Å². The first-order valence-electron chi connectivity index (χ1n) is 13.3. The number of benzene rings is 3. The topological polar surface area (TPSA) is 118 Å². The predicted molar refractivity (Wildman–Crippen MR) is 148 cm³/mol. The van der Waals surface area contributed by atoms with Crippen molar-refractivity contribution in [1.82, 2.24) is 4.90 Å². The first kappa shape index (κ1) is 26.1. The molecule has 0 saturated carbocycles. The smallest absolute Gasteiger partial charge is 0.256 e. The van der Waals surface area contributed by atoms with Crippen molar-refractivity contribution in [3.63, 3.8) is 0 Å². The lowest BCUT2D eigenvalue weighted by molar-refractivity contribution is -0.534. The van der Waals surface area contributed by atoms with Gasteiger partial charge in [0.1, 0.15) is 6.61 Å². The average molecular weight is 559 g/mol. The van der Waals surface area contributed by atoms with E-state index in [0.29, 0.717) is 52.6 Å². The molecular weight excluding hydrogens is 532 g/mol. The van der Waals surface area contributed by atoms with Crippen LogP contribution in [0, 0.1) is 21.4 Å². The minimum Gasteiger partial charge on any atom is -0.490 e. The largest absolute Gasteiger partial charge is 0.490 e. The molecule has 0 aromatic heterocycles. The van der Waals surface area contributed by atoms with Crippen LogP contribution in [0.3, 0.4) is 0 Å². The zero-order valence-corrected chi connectivity index (χ0v) is 22.6. The molecule has 40 heavy (non-hydrogen) atoms. The number of carbonyl (C=O) groups excluding carboxylic acids is 1. The summed E-state index contributed by atoms with van der Waals surface area (Å²) in [4.78, 5) is 28.3. The number of hydrogen-bond acceptors (Lipinski definition) is 7. The number of hydrogen-bond donors (Lipinski definition) is 1. The summed E-state index contributed by atoms with van der Waals surface area (Å²) in [5, 5.41) is 25.5. The summed E-state index contributed by atoms with van der Waals surface area (Å²) in [6, 6.07) is 18.5. The number of ether oxygens (including phenoxy) is 2. The zero-order valence-electron chi connectivity index (χ0n) is 21.8. The lowest BCUT2D eigenvalue weighted by atomic mass is 9.77. The Morgan fingerprint density at radius 1 is 1.20 bits per heavy atom. The van der Waals surface area contributed by atoms with Crippen molar-refractivity contribution < 1.29 is 19.2 Å². The highest BCUT2D eigenvalue weighted by molar-refractivity contribution is 6.32. The average Bonchev–Trinajstić information content (AvgIpc) is 3.61. The molecule has 0 bridgehead atoms. The van der Waals surface area contributed by atoms with Crippen LogP contribution >= 0.6 is 11.6 Å². The van der Waals surface area contributed by atoms with Crippen LogP contribution < -0.4 is 14.8 Å². The van der Waals surface area contributed by atoms with Crippen LogP contribution in [0.25, 0.3) is 0 Å². The molecule has 2 saturated heterocycles. The minimum atomic E-state index is -1.42. The number of anilines is 1. The van der Waals surface area contributed by atoms with Crippen LogP contribution in [0.4, 0.5) is 5.69 Å². The number of nitrogens with one attached hydrogen (secondary N) is 1. The van der Waals surface area contributed by atoms with E-state index in [1.165, 1.54) is 0 Å². The first-order valence-corrected chi connectivity index (χ1v) is 13.7.